The van der Waals surface area contributed by atoms with Crippen molar-refractivity contribution in [1.82, 2.24) is 0 Å². The number of anilines is 3. The molecule has 0 aromatic heterocycles. The lowest BCUT2D eigenvalue weighted by atomic mass is 9.82. The van der Waals surface area contributed by atoms with Crippen molar-refractivity contribution >= 4 is 49.4 Å². The quantitative estimate of drug-likeness (QED) is 0.170. The van der Waals surface area contributed by atoms with E-state index < -0.39 is 0 Å². The first kappa shape index (κ1) is 29.3. The van der Waals surface area contributed by atoms with Crippen LogP contribution in [-0.4, -0.2) is 0 Å². The number of rotatable bonds is 4. The van der Waals surface area contributed by atoms with Crippen LogP contribution >= 0.6 is 0 Å². The van der Waals surface area contributed by atoms with Crippen LogP contribution in [-0.2, 0) is 5.41 Å². The minimum absolute atomic E-state index is 0.0987. The first-order valence-electron chi connectivity index (χ1n) is 18.3. The van der Waals surface area contributed by atoms with Crippen molar-refractivity contribution in [3.63, 3.8) is 0 Å². The lowest BCUT2D eigenvalue weighted by Gasteiger charge is -2.29. The van der Waals surface area contributed by atoms with Crippen LogP contribution < -0.4 is 4.90 Å². The van der Waals surface area contributed by atoms with Crippen molar-refractivity contribution in [1.29, 1.82) is 0 Å². The van der Waals surface area contributed by atoms with Crippen molar-refractivity contribution in [3.05, 3.63) is 187 Å². The number of hydrogen-bond donors (Lipinski definition) is 0. The first-order valence-corrected chi connectivity index (χ1v) is 18.3. The Balaban J connectivity index is 1.11. The maximum Gasteiger partial charge on any atom is 0.0468 e. The van der Waals surface area contributed by atoms with Gasteiger partial charge in [-0.25, -0.2) is 0 Å². The van der Waals surface area contributed by atoms with Crippen molar-refractivity contribution in [3.8, 4) is 44.5 Å². The average Bonchev–Trinajstić information content (AvgIpc) is 3.63. The fourth-order valence-electron chi connectivity index (χ4n) is 9.20. The molecule has 1 heteroatoms. The zero-order chi connectivity index (χ0) is 34.6. The smallest absolute Gasteiger partial charge is 0.0468 e. The van der Waals surface area contributed by atoms with E-state index in [0.717, 1.165) is 17.1 Å². The number of hydrogen-bond acceptors (Lipinski definition) is 1. The molecule has 0 spiro atoms. The highest BCUT2D eigenvalue weighted by Gasteiger charge is 2.36. The van der Waals surface area contributed by atoms with Crippen molar-refractivity contribution in [2.75, 3.05) is 4.90 Å². The molecule has 2 aliphatic rings. The van der Waals surface area contributed by atoms with Gasteiger partial charge in [-0.15, -0.1) is 0 Å². The second kappa shape index (κ2) is 10.8. The molecule has 0 bridgehead atoms. The summed E-state index contributed by atoms with van der Waals surface area (Å²) in [6, 6.07) is 65.6. The van der Waals surface area contributed by atoms with Gasteiger partial charge in [0, 0.05) is 22.5 Å². The zero-order valence-electron chi connectivity index (χ0n) is 29.2. The summed E-state index contributed by atoms with van der Waals surface area (Å²) in [5, 5.41) is 7.74. The van der Waals surface area contributed by atoms with Crippen LogP contribution in [0.25, 0.3) is 76.8 Å². The molecule has 9 aromatic carbocycles. The topological polar surface area (TPSA) is 3.24 Å². The Bertz CT molecular complexity index is 2940. The van der Waals surface area contributed by atoms with Crippen molar-refractivity contribution in [2.24, 2.45) is 0 Å². The van der Waals surface area contributed by atoms with E-state index in [9.17, 15) is 0 Å². The van der Waals surface area contributed by atoms with Gasteiger partial charge in [0.05, 0.1) is 0 Å². The Morgan fingerprint density at radius 3 is 1.81 bits per heavy atom. The maximum absolute atomic E-state index is 2.46. The van der Waals surface area contributed by atoms with Crippen LogP contribution in [0.1, 0.15) is 25.0 Å². The highest BCUT2D eigenvalue weighted by molar-refractivity contribution is 6.16. The Morgan fingerprint density at radius 2 is 0.942 bits per heavy atom. The molecule has 0 fully saturated rings. The van der Waals surface area contributed by atoms with Gasteiger partial charge in [-0.2, -0.15) is 0 Å². The highest BCUT2D eigenvalue weighted by atomic mass is 15.1. The number of nitrogens with zero attached hydrogens (tertiary/aromatic N) is 1. The van der Waals surface area contributed by atoms with Crippen LogP contribution in [0.15, 0.2) is 176 Å². The molecule has 0 amide bonds. The lowest BCUT2D eigenvalue weighted by molar-refractivity contribution is 0.660. The zero-order valence-corrected chi connectivity index (χ0v) is 29.2. The summed E-state index contributed by atoms with van der Waals surface area (Å²) in [4.78, 5) is 2.46. The first-order chi connectivity index (χ1) is 25.5. The van der Waals surface area contributed by atoms with E-state index in [2.05, 4.69) is 195 Å². The largest absolute Gasteiger partial charge is 0.310 e. The van der Waals surface area contributed by atoms with E-state index in [0.29, 0.717) is 0 Å². The SMILES string of the molecule is CC1(C)c2ccccc2-c2ccc(N(c3cccc(-c4ccc5ccc6ccccc6c5c4)c3)c3ccc4c(c3)-c3cccc5cccc-4c35)cc21. The van der Waals surface area contributed by atoms with Gasteiger partial charge in [0.2, 0.25) is 0 Å². The molecule has 11 rings (SSSR count). The number of benzene rings is 9. The van der Waals surface area contributed by atoms with Gasteiger partial charge in [0.1, 0.15) is 0 Å². The van der Waals surface area contributed by atoms with Gasteiger partial charge in [-0.05, 0) is 130 Å². The molecule has 0 saturated carbocycles. The maximum atomic E-state index is 2.46. The summed E-state index contributed by atoms with van der Waals surface area (Å²) in [5.41, 5.74) is 16.4. The molecule has 9 aromatic rings. The molecule has 0 N–H and O–H groups in total. The van der Waals surface area contributed by atoms with Gasteiger partial charge in [-0.1, -0.05) is 147 Å². The standard InChI is InChI=1S/C51H35N/c1-51(2)48-19-6-5-16-42(48)43-27-25-39(31-49(43)51)52(38-24-26-41-44-17-8-11-34-12-9-18-45(50(34)44)47(41)30-38)37-14-7-13-35(28-37)36-23-22-33-21-20-32-10-3-4-15-40(32)46(33)29-36/h3-31H,1-2H3. The van der Waals surface area contributed by atoms with E-state index in [4.69, 9.17) is 0 Å². The molecule has 0 radical (unpaired) electrons. The Hall–Kier alpha value is -6.44. The molecule has 0 aliphatic heterocycles. The fourth-order valence-corrected chi connectivity index (χ4v) is 9.20. The van der Waals surface area contributed by atoms with E-state index in [1.807, 2.05) is 0 Å². The van der Waals surface area contributed by atoms with Crippen LogP contribution in [0.5, 0.6) is 0 Å². The molecule has 0 atom stereocenters. The fraction of sp³-hybridized carbons (Fsp3) is 0.0588. The Labute approximate surface area is 304 Å². The van der Waals surface area contributed by atoms with E-state index in [-0.39, 0.29) is 5.41 Å². The summed E-state index contributed by atoms with van der Waals surface area (Å²) < 4.78 is 0. The molecular formula is C51H35N. The summed E-state index contributed by atoms with van der Waals surface area (Å²) in [5.74, 6) is 0. The Kier molecular flexibility index (Phi) is 6.08. The van der Waals surface area contributed by atoms with Crippen LogP contribution in [0.2, 0.25) is 0 Å². The Morgan fingerprint density at radius 1 is 0.346 bits per heavy atom. The van der Waals surface area contributed by atoms with Gasteiger partial charge in [0.25, 0.3) is 0 Å². The van der Waals surface area contributed by atoms with Crippen LogP contribution in [0.3, 0.4) is 0 Å². The van der Waals surface area contributed by atoms with Crippen LogP contribution in [0.4, 0.5) is 17.1 Å². The second-order valence-corrected chi connectivity index (χ2v) is 14.9. The van der Waals surface area contributed by atoms with Gasteiger partial charge >= 0.3 is 0 Å². The van der Waals surface area contributed by atoms with E-state index >= 15 is 0 Å². The minimum Gasteiger partial charge on any atom is -0.310 e. The molecule has 2 aliphatic carbocycles. The predicted octanol–water partition coefficient (Wildman–Crippen LogP) is 14.2. The van der Waals surface area contributed by atoms with Gasteiger partial charge < -0.3 is 4.90 Å². The molecule has 52 heavy (non-hydrogen) atoms. The normalized spacial score (nSPS) is 13.3. The number of fused-ring (bicyclic) bond motifs is 9. The van der Waals surface area contributed by atoms with Crippen molar-refractivity contribution < 1.29 is 0 Å². The summed E-state index contributed by atoms with van der Waals surface area (Å²) >= 11 is 0. The third-order valence-corrected chi connectivity index (χ3v) is 11.8. The predicted molar refractivity (Wildman–Crippen MR) is 221 cm³/mol. The van der Waals surface area contributed by atoms with Crippen LogP contribution in [0, 0.1) is 0 Å². The van der Waals surface area contributed by atoms with E-state index in [1.165, 1.54) is 88.0 Å². The summed E-state index contributed by atoms with van der Waals surface area (Å²) in [7, 11) is 0. The van der Waals surface area contributed by atoms with E-state index in [1.54, 1.807) is 0 Å². The molecular weight excluding hydrogens is 627 g/mol. The van der Waals surface area contributed by atoms with Gasteiger partial charge in [-0.3, -0.25) is 0 Å². The summed E-state index contributed by atoms with van der Waals surface area (Å²) in [6.45, 7) is 4.73. The third-order valence-electron chi connectivity index (χ3n) is 11.8. The molecule has 0 saturated heterocycles. The van der Waals surface area contributed by atoms with Gasteiger partial charge in [0.15, 0.2) is 0 Å². The molecule has 0 unspecified atom stereocenters. The lowest BCUT2D eigenvalue weighted by Crippen LogP contribution is -2.16. The molecule has 244 valence electrons. The minimum atomic E-state index is -0.0987. The molecule has 1 nitrogen and oxygen atoms in total. The second-order valence-electron chi connectivity index (χ2n) is 14.9. The third kappa shape index (κ3) is 4.17. The highest BCUT2D eigenvalue weighted by Crippen LogP contribution is 2.52. The van der Waals surface area contributed by atoms with Crippen molar-refractivity contribution in [2.45, 2.75) is 19.3 Å². The molecule has 0 heterocycles. The average molecular weight is 662 g/mol. The summed E-state index contributed by atoms with van der Waals surface area (Å²) in [6.07, 6.45) is 0. The monoisotopic (exact) mass is 661 g/mol.